The summed E-state index contributed by atoms with van der Waals surface area (Å²) >= 11 is 6.23. The molecule has 126 valence electrons. The Morgan fingerprint density at radius 1 is 1.08 bits per heavy atom. The van der Waals surface area contributed by atoms with Crippen molar-refractivity contribution in [3.63, 3.8) is 0 Å². The van der Waals surface area contributed by atoms with Gasteiger partial charge in [-0.2, -0.15) is 0 Å². The lowest BCUT2D eigenvalue weighted by atomic mass is 9.88. The maximum atomic E-state index is 12.3. The van der Waals surface area contributed by atoms with Crippen molar-refractivity contribution in [1.29, 1.82) is 0 Å². The fourth-order valence-electron chi connectivity index (χ4n) is 2.89. The van der Waals surface area contributed by atoms with E-state index < -0.39 is 0 Å². The van der Waals surface area contributed by atoms with Crippen molar-refractivity contribution in [2.75, 3.05) is 10.6 Å². The number of amides is 2. The van der Waals surface area contributed by atoms with Gasteiger partial charge in [0.2, 0.25) is 5.91 Å². The predicted molar refractivity (Wildman–Crippen MR) is 93.3 cm³/mol. The third kappa shape index (κ3) is 3.97. The molecule has 1 fully saturated rings. The molecule has 2 aromatic rings. The number of hydrogen-bond donors (Lipinski definition) is 2. The van der Waals surface area contributed by atoms with Gasteiger partial charge in [-0.15, -0.1) is 0 Å². The van der Waals surface area contributed by atoms with Crippen LogP contribution in [0.5, 0.6) is 0 Å². The number of anilines is 2. The molecule has 24 heavy (non-hydrogen) atoms. The molecule has 6 heteroatoms. The minimum Gasteiger partial charge on any atom is -0.459 e. The Morgan fingerprint density at radius 2 is 1.88 bits per heavy atom. The summed E-state index contributed by atoms with van der Waals surface area (Å²) in [6, 6.07) is 8.23. The van der Waals surface area contributed by atoms with Gasteiger partial charge in [0.05, 0.1) is 17.0 Å². The summed E-state index contributed by atoms with van der Waals surface area (Å²) in [5.74, 6) is -0.0482. The van der Waals surface area contributed by atoms with Crippen LogP contribution in [0.3, 0.4) is 0 Å². The largest absolute Gasteiger partial charge is 0.459 e. The molecular weight excluding hydrogens is 328 g/mol. The van der Waals surface area contributed by atoms with Gasteiger partial charge < -0.3 is 15.1 Å². The number of benzene rings is 1. The van der Waals surface area contributed by atoms with Gasteiger partial charge in [0.25, 0.3) is 5.91 Å². The standard InChI is InChI=1S/C18H19ClN2O3/c19-14-11-13(20-18(23)16-7-4-10-24-16)8-9-15(14)21-17(22)12-5-2-1-3-6-12/h4,7-12H,1-3,5-6H2,(H,20,23)(H,21,22). The van der Waals surface area contributed by atoms with Crippen LogP contribution in [0.15, 0.2) is 41.0 Å². The number of carbonyl (C=O) groups excluding carboxylic acids is 2. The van der Waals surface area contributed by atoms with Gasteiger partial charge in [0, 0.05) is 11.6 Å². The zero-order valence-corrected chi connectivity index (χ0v) is 13.9. The molecule has 0 radical (unpaired) electrons. The molecule has 0 unspecified atom stereocenters. The topological polar surface area (TPSA) is 71.3 Å². The Kier molecular flexibility index (Phi) is 5.20. The molecule has 0 saturated heterocycles. The fraction of sp³-hybridized carbons (Fsp3) is 0.333. The van der Waals surface area contributed by atoms with Gasteiger partial charge >= 0.3 is 0 Å². The lowest BCUT2D eigenvalue weighted by Crippen LogP contribution is -2.24. The van der Waals surface area contributed by atoms with E-state index in [0.29, 0.717) is 16.4 Å². The van der Waals surface area contributed by atoms with Gasteiger partial charge in [-0.25, -0.2) is 0 Å². The van der Waals surface area contributed by atoms with Crippen molar-refractivity contribution in [1.82, 2.24) is 0 Å². The van der Waals surface area contributed by atoms with Crippen LogP contribution in [0.2, 0.25) is 5.02 Å². The second-order valence-corrected chi connectivity index (χ2v) is 6.36. The molecule has 0 atom stereocenters. The highest BCUT2D eigenvalue weighted by Crippen LogP contribution is 2.29. The Hall–Kier alpha value is -2.27. The lowest BCUT2D eigenvalue weighted by molar-refractivity contribution is -0.120. The van der Waals surface area contributed by atoms with Gasteiger partial charge in [-0.05, 0) is 43.2 Å². The van der Waals surface area contributed by atoms with E-state index in [1.54, 1.807) is 30.3 Å². The summed E-state index contributed by atoms with van der Waals surface area (Å²) in [5.41, 5.74) is 1.10. The number of hydrogen-bond acceptors (Lipinski definition) is 3. The Labute approximate surface area is 145 Å². The SMILES string of the molecule is O=C(Nc1ccc(NC(=O)C2CCCCC2)c(Cl)c1)c1ccco1. The van der Waals surface area contributed by atoms with Crippen LogP contribution in [0.1, 0.15) is 42.7 Å². The third-order valence-electron chi connectivity index (χ3n) is 4.21. The number of furan rings is 1. The highest BCUT2D eigenvalue weighted by molar-refractivity contribution is 6.34. The molecule has 2 amide bonds. The lowest BCUT2D eigenvalue weighted by Gasteiger charge is -2.21. The first kappa shape index (κ1) is 16.6. The van der Waals surface area contributed by atoms with E-state index in [0.717, 1.165) is 25.7 Å². The van der Waals surface area contributed by atoms with Crippen molar-refractivity contribution in [2.24, 2.45) is 5.92 Å². The molecule has 2 N–H and O–H groups in total. The maximum Gasteiger partial charge on any atom is 0.291 e. The van der Waals surface area contributed by atoms with Crippen molar-refractivity contribution < 1.29 is 14.0 Å². The summed E-state index contributed by atoms with van der Waals surface area (Å²) in [6.07, 6.45) is 6.70. The minimum absolute atomic E-state index is 0.0176. The molecule has 5 nitrogen and oxygen atoms in total. The maximum absolute atomic E-state index is 12.3. The Bertz CT molecular complexity index is 722. The average molecular weight is 347 g/mol. The molecule has 1 aromatic carbocycles. The van der Waals surface area contributed by atoms with Crippen LogP contribution in [0, 0.1) is 5.92 Å². The molecule has 1 aliphatic rings. The van der Waals surface area contributed by atoms with Crippen LogP contribution in [0.25, 0.3) is 0 Å². The van der Waals surface area contributed by atoms with E-state index in [2.05, 4.69) is 10.6 Å². The predicted octanol–water partition coefficient (Wildman–Crippen LogP) is 4.70. The van der Waals surface area contributed by atoms with Crippen LogP contribution < -0.4 is 10.6 Å². The zero-order valence-electron chi connectivity index (χ0n) is 13.2. The monoisotopic (exact) mass is 346 g/mol. The first-order chi connectivity index (χ1) is 11.6. The van der Waals surface area contributed by atoms with E-state index in [1.165, 1.54) is 12.7 Å². The van der Waals surface area contributed by atoms with Gasteiger partial charge in [0.1, 0.15) is 0 Å². The molecule has 3 rings (SSSR count). The Morgan fingerprint density at radius 3 is 2.54 bits per heavy atom. The molecular formula is C18H19ClN2O3. The number of rotatable bonds is 4. The summed E-state index contributed by atoms with van der Waals surface area (Å²) < 4.78 is 5.04. The molecule has 1 aromatic heterocycles. The third-order valence-corrected chi connectivity index (χ3v) is 4.52. The summed E-state index contributed by atoms with van der Waals surface area (Å²) in [6.45, 7) is 0. The number of carbonyl (C=O) groups is 2. The summed E-state index contributed by atoms with van der Waals surface area (Å²) in [4.78, 5) is 24.2. The van der Waals surface area contributed by atoms with E-state index in [1.807, 2.05) is 0 Å². The molecule has 1 saturated carbocycles. The van der Waals surface area contributed by atoms with E-state index in [9.17, 15) is 9.59 Å². The van der Waals surface area contributed by atoms with Crippen molar-refractivity contribution >= 4 is 34.8 Å². The first-order valence-corrected chi connectivity index (χ1v) is 8.46. The summed E-state index contributed by atoms with van der Waals surface area (Å²) in [7, 11) is 0. The zero-order chi connectivity index (χ0) is 16.9. The molecule has 0 bridgehead atoms. The highest BCUT2D eigenvalue weighted by atomic mass is 35.5. The van der Waals surface area contributed by atoms with Gasteiger partial charge in [-0.1, -0.05) is 30.9 Å². The minimum atomic E-state index is -0.352. The van der Waals surface area contributed by atoms with Crippen LogP contribution >= 0.6 is 11.6 Å². The quantitative estimate of drug-likeness (QED) is 0.842. The second-order valence-electron chi connectivity index (χ2n) is 5.95. The van der Waals surface area contributed by atoms with Crippen LogP contribution in [0.4, 0.5) is 11.4 Å². The molecule has 0 spiro atoms. The van der Waals surface area contributed by atoms with E-state index in [4.69, 9.17) is 16.0 Å². The highest BCUT2D eigenvalue weighted by Gasteiger charge is 2.21. The van der Waals surface area contributed by atoms with Crippen molar-refractivity contribution in [3.8, 4) is 0 Å². The van der Waals surface area contributed by atoms with E-state index >= 15 is 0 Å². The van der Waals surface area contributed by atoms with E-state index in [-0.39, 0.29) is 23.5 Å². The average Bonchev–Trinajstić information content (AvgIpc) is 3.13. The van der Waals surface area contributed by atoms with Gasteiger partial charge in [-0.3, -0.25) is 9.59 Å². The smallest absolute Gasteiger partial charge is 0.291 e. The fourth-order valence-corrected chi connectivity index (χ4v) is 3.12. The number of nitrogens with one attached hydrogen (secondary N) is 2. The molecule has 1 aliphatic carbocycles. The van der Waals surface area contributed by atoms with Crippen LogP contribution in [-0.2, 0) is 4.79 Å². The van der Waals surface area contributed by atoms with Gasteiger partial charge in [0.15, 0.2) is 5.76 Å². The summed E-state index contributed by atoms with van der Waals surface area (Å²) in [5, 5.41) is 5.97. The molecule has 0 aliphatic heterocycles. The molecule has 1 heterocycles. The van der Waals surface area contributed by atoms with Crippen molar-refractivity contribution in [2.45, 2.75) is 32.1 Å². The first-order valence-electron chi connectivity index (χ1n) is 8.09. The second kappa shape index (κ2) is 7.53. The Balaban J connectivity index is 1.64. The van der Waals surface area contributed by atoms with Crippen molar-refractivity contribution in [3.05, 3.63) is 47.4 Å². The number of halogens is 1. The normalized spacial score (nSPS) is 15.0. The van der Waals surface area contributed by atoms with Crippen LogP contribution in [-0.4, -0.2) is 11.8 Å².